The van der Waals surface area contributed by atoms with Crippen LogP contribution in [0.25, 0.3) is 16.7 Å². The third-order valence-electron chi connectivity index (χ3n) is 6.68. The monoisotopic (exact) mass is 480 g/mol. The lowest BCUT2D eigenvalue weighted by molar-refractivity contribution is -0.139. The molecule has 0 spiro atoms. The van der Waals surface area contributed by atoms with Crippen molar-refractivity contribution in [3.8, 4) is 5.82 Å². The fraction of sp³-hybridized carbons (Fsp3) is 0.462. The molecular formula is C26H33FN6O2. The number of fused-ring (bicyclic) bond motifs is 1. The number of aromatic nitrogens is 3. The van der Waals surface area contributed by atoms with Crippen LogP contribution in [-0.2, 0) is 9.59 Å². The highest BCUT2D eigenvalue weighted by atomic mass is 19.1. The van der Waals surface area contributed by atoms with Crippen LogP contribution in [0.1, 0.15) is 51.2 Å². The van der Waals surface area contributed by atoms with E-state index in [2.05, 4.69) is 20.6 Å². The molecule has 0 saturated carbocycles. The molecule has 2 aromatic heterocycles. The molecule has 35 heavy (non-hydrogen) atoms. The highest BCUT2D eigenvalue weighted by Crippen LogP contribution is 2.33. The molecule has 3 atom stereocenters. The Kier molecular flexibility index (Phi) is 7.16. The number of carbonyl (C=O) groups excluding carboxylic acids is 2. The normalized spacial score (nSPS) is 17.7. The largest absolute Gasteiger partial charge is 0.343 e. The van der Waals surface area contributed by atoms with E-state index >= 15 is 0 Å². The Morgan fingerprint density at radius 3 is 2.63 bits per heavy atom. The Hall–Kier alpha value is -3.33. The first-order valence-corrected chi connectivity index (χ1v) is 12.1. The molecule has 2 amide bonds. The second-order valence-corrected chi connectivity index (χ2v) is 9.52. The van der Waals surface area contributed by atoms with E-state index in [4.69, 9.17) is 0 Å². The van der Waals surface area contributed by atoms with Gasteiger partial charge < -0.3 is 20.1 Å². The van der Waals surface area contributed by atoms with Gasteiger partial charge >= 0.3 is 0 Å². The summed E-state index contributed by atoms with van der Waals surface area (Å²) in [4.78, 5) is 37.3. The average Bonchev–Trinajstić information content (AvgIpc) is 3.48. The van der Waals surface area contributed by atoms with E-state index in [1.807, 2.05) is 48.6 Å². The average molecular weight is 481 g/mol. The van der Waals surface area contributed by atoms with Gasteiger partial charge in [0.1, 0.15) is 23.5 Å². The van der Waals surface area contributed by atoms with Crippen LogP contribution in [-0.4, -0.2) is 56.9 Å². The van der Waals surface area contributed by atoms with Crippen LogP contribution < -0.4 is 10.6 Å². The first kappa shape index (κ1) is 24.8. The van der Waals surface area contributed by atoms with Gasteiger partial charge in [-0.2, -0.15) is 0 Å². The molecule has 3 heterocycles. The first-order chi connectivity index (χ1) is 16.7. The summed E-state index contributed by atoms with van der Waals surface area (Å²) >= 11 is 0. The lowest BCUT2D eigenvalue weighted by atomic mass is 10.0. The maximum absolute atomic E-state index is 13.7. The number of benzene rings is 1. The third-order valence-corrected chi connectivity index (χ3v) is 6.68. The van der Waals surface area contributed by atoms with Crippen molar-refractivity contribution >= 4 is 22.7 Å². The molecule has 0 aliphatic carbocycles. The van der Waals surface area contributed by atoms with Crippen LogP contribution in [0.15, 0.2) is 36.5 Å². The first-order valence-electron chi connectivity index (χ1n) is 12.1. The van der Waals surface area contributed by atoms with Gasteiger partial charge in [-0.25, -0.2) is 14.4 Å². The Labute approximate surface area is 204 Å². The number of nitrogens with one attached hydrogen (secondary N) is 2. The Morgan fingerprint density at radius 2 is 1.91 bits per heavy atom. The van der Waals surface area contributed by atoms with Gasteiger partial charge in [-0.05, 0) is 63.9 Å². The zero-order valence-corrected chi connectivity index (χ0v) is 20.9. The van der Waals surface area contributed by atoms with Gasteiger partial charge in [0.2, 0.25) is 11.8 Å². The number of carbonyl (C=O) groups is 2. The van der Waals surface area contributed by atoms with E-state index < -0.39 is 12.1 Å². The molecule has 0 bridgehead atoms. The van der Waals surface area contributed by atoms with Crippen LogP contribution in [0.5, 0.6) is 0 Å². The molecule has 1 aliphatic heterocycles. The summed E-state index contributed by atoms with van der Waals surface area (Å²) in [5, 5.41) is 6.63. The minimum atomic E-state index is -0.621. The van der Waals surface area contributed by atoms with Crippen LogP contribution in [0, 0.1) is 18.7 Å². The topological polar surface area (TPSA) is 92.2 Å². The van der Waals surface area contributed by atoms with E-state index in [0.29, 0.717) is 18.2 Å². The van der Waals surface area contributed by atoms with E-state index in [1.165, 1.54) is 12.1 Å². The van der Waals surface area contributed by atoms with Crippen molar-refractivity contribution in [1.29, 1.82) is 0 Å². The van der Waals surface area contributed by atoms with Crippen molar-refractivity contribution in [2.75, 3.05) is 13.6 Å². The second-order valence-electron chi connectivity index (χ2n) is 9.52. The van der Waals surface area contributed by atoms with Crippen molar-refractivity contribution in [2.24, 2.45) is 5.92 Å². The number of amides is 2. The lowest BCUT2D eigenvalue weighted by Gasteiger charge is -2.31. The molecule has 1 fully saturated rings. The molecule has 1 aromatic carbocycles. The molecule has 186 valence electrons. The van der Waals surface area contributed by atoms with E-state index in [1.54, 1.807) is 20.0 Å². The number of likely N-dealkylation sites (N-methyl/N-ethyl adjacent to an activating group) is 1. The maximum Gasteiger partial charge on any atom is 0.245 e. The fourth-order valence-electron chi connectivity index (χ4n) is 4.62. The highest BCUT2D eigenvalue weighted by molar-refractivity contribution is 5.90. The number of halogens is 1. The van der Waals surface area contributed by atoms with E-state index in [-0.39, 0.29) is 29.6 Å². The molecule has 0 radical (unpaired) electrons. The fourth-order valence-corrected chi connectivity index (χ4v) is 4.62. The Balaban J connectivity index is 1.64. The van der Waals surface area contributed by atoms with Gasteiger partial charge in [-0.15, -0.1) is 0 Å². The zero-order chi connectivity index (χ0) is 25.3. The van der Waals surface area contributed by atoms with Crippen molar-refractivity contribution in [2.45, 2.75) is 58.7 Å². The molecule has 1 aliphatic rings. The lowest BCUT2D eigenvalue weighted by Crippen LogP contribution is -2.54. The summed E-state index contributed by atoms with van der Waals surface area (Å²) in [7, 11) is 1.71. The summed E-state index contributed by atoms with van der Waals surface area (Å²) in [6, 6.07) is 7.19. The highest BCUT2D eigenvalue weighted by Gasteiger charge is 2.37. The van der Waals surface area contributed by atoms with Crippen molar-refractivity contribution < 1.29 is 14.0 Å². The summed E-state index contributed by atoms with van der Waals surface area (Å²) in [6.07, 6.45) is 3.50. The smallest absolute Gasteiger partial charge is 0.245 e. The van der Waals surface area contributed by atoms with Gasteiger partial charge in [0.15, 0.2) is 0 Å². The van der Waals surface area contributed by atoms with Gasteiger partial charge in [0, 0.05) is 24.2 Å². The van der Waals surface area contributed by atoms with Crippen LogP contribution in [0.2, 0.25) is 0 Å². The van der Waals surface area contributed by atoms with Crippen molar-refractivity contribution in [1.82, 2.24) is 30.1 Å². The van der Waals surface area contributed by atoms with Gasteiger partial charge in [0.05, 0.1) is 23.3 Å². The Bertz CT molecular complexity index is 1240. The van der Waals surface area contributed by atoms with Crippen LogP contribution in [0.4, 0.5) is 4.39 Å². The molecule has 2 N–H and O–H groups in total. The SMILES string of the molecule is CNC(C)C(=O)N[C@H](C(=O)N1CCCC1c1cc(-n2ccc3cc(F)ccc32)nc(C)n1)C(C)C. The third kappa shape index (κ3) is 5.05. The molecule has 3 aromatic rings. The number of rotatable bonds is 7. The summed E-state index contributed by atoms with van der Waals surface area (Å²) in [5.41, 5.74) is 1.61. The number of hydrogen-bond acceptors (Lipinski definition) is 5. The molecule has 8 nitrogen and oxygen atoms in total. The van der Waals surface area contributed by atoms with Crippen LogP contribution >= 0.6 is 0 Å². The van der Waals surface area contributed by atoms with Crippen LogP contribution in [0.3, 0.4) is 0 Å². The predicted molar refractivity (Wildman–Crippen MR) is 133 cm³/mol. The standard InChI is InChI=1S/C26H33FN6O2/c1-15(2)24(31-25(34)16(3)28-5)26(35)33-11-6-7-22(33)20-14-23(30-17(4)29-20)32-12-10-18-13-19(27)8-9-21(18)32/h8-10,12-16,22,24,28H,6-7,11H2,1-5H3,(H,31,34)/t16?,22?,24-/m0/s1. The van der Waals surface area contributed by atoms with Crippen molar-refractivity contribution in [3.05, 3.63) is 53.9 Å². The molecular weight excluding hydrogens is 447 g/mol. The quantitative estimate of drug-likeness (QED) is 0.542. The van der Waals surface area contributed by atoms with E-state index in [0.717, 1.165) is 29.4 Å². The molecule has 4 rings (SSSR count). The van der Waals surface area contributed by atoms with E-state index in [9.17, 15) is 14.0 Å². The summed E-state index contributed by atoms with van der Waals surface area (Å²) in [5.74, 6) is 0.615. The number of likely N-dealkylation sites (tertiary alicyclic amines) is 1. The van der Waals surface area contributed by atoms with Gasteiger partial charge in [0.25, 0.3) is 0 Å². The molecule has 1 saturated heterocycles. The second kappa shape index (κ2) is 10.1. The zero-order valence-electron chi connectivity index (χ0n) is 20.9. The van der Waals surface area contributed by atoms with Gasteiger partial charge in [-0.1, -0.05) is 13.8 Å². The summed E-state index contributed by atoms with van der Waals surface area (Å²) in [6.45, 7) is 8.07. The van der Waals surface area contributed by atoms with Crippen molar-refractivity contribution in [3.63, 3.8) is 0 Å². The minimum Gasteiger partial charge on any atom is -0.343 e. The number of aryl methyl sites for hydroxylation is 1. The minimum absolute atomic E-state index is 0.0638. The molecule has 2 unspecified atom stereocenters. The number of hydrogen-bond donors (Lipinski definition) is 2. The van der Waals surface area contributed by atoms with Gasteiger partial charge in [-0.3, -0.25) is 9.59 Å². The summed E-state index contributed by atoms with van der Waals surface area (Å²) < 4.78 is 15.6. The maximum atomic E-state index is 13.7. The number of nitrogens with zero attached hydrogens (tertiary/aromatic N) is 4. The molecule has 9 heteroatoms. The Morgan fingerprint density at radius 1 is 1.14 bits per heavy atom. The predicted octanol–water partition coefficient (Wildman–Crippen LogP) is 3.28.